The van der Waals surface area contributed by atoms with Gasteiger partial charge in [-0.25, -0.2) is 0 Å². The van der Waals surface area contributed by atoms with Crippen molar-refractivity contribution >= 4 is 5.97 Å². The average molecular weight is 201 g/mol. The molecule has 0 amide bonds. The van der Waals surface area contributed by atoms with Crippen molar-refractivity contribution in [2.24, 2.45) is 5.92 Å². The van der Waals surface area contributed by atoms with Gasteiger partial charge in [0.2, 0.25) is 0 Å². The zero-order chi connectivity index (χ0) is 10.9. The average Bonchev–Trinajstić information content (AvgIpc) is 2.24. The molecule has 1 rings (SSSR count). The van der Waals surface area contributed by atoms with Crippen LogP contribution >= 0.6 is 0 Å². The molecule has 0 spiro atoms. The minimum Gasteiger partial charge on any atom is -0.481 e. The fourth-order valence-electron chi connectivity index (χ4n) is 2.65. The third kappa shape index (κ3) is 2.07. The standard InChI is InChI=1S/C10H19NO3/c1-7(2)9-10(14,6-8(12)13)4-5-11(9)3/h7,9,14H,4-6H2,1-3H3,(H,12,13). The number of likely N-dealkylation sites (N-methyl/N-ethyl adjacent to an activating group) is 1. The van der Waals surface area contributed by atoms with Crippen molar-refractivity contribution in [3.05, 3.63) is 0 Å². The number of aliphatic hydroxyl groups is 1. The highest BCUT2D eigenvalue weighted by atomic mass is 16.4. The molecule has 1 aliphatic heterocycles. The Labute approximate surface area is 84.5 Å². The first-order valence-corrected chi connectivity index (χ1v) is 5.01. The molecule has 0 bridgehead atoms. The molecule has 1 aliphatic rings. The molecule has 0 saturated carbocycles. The van der Waals surface area contributed by atoms with Gasteiger partial charge in [-0.05, 0) is 19.4 Å². The summed E-state index contributed by atoms with van der Waals surface area (Å²) in [6.07, 6.45) is 0.402. The van der Waals surface area contributed by atoms with Crippen LogP contribution in [0.5, 0.6) is 0 Å². The second-order valence-electron chi connectivity index (χ2n) is 4.59. The molecule has 82 valence electrons. The fourth-order valence-corrected chi connectivity index (χ4v) is 2.65. The molecule has 4 heteroatoms. The van der Waals surface area contributed by atoms with Crippen LogP contribution in [-0.4, -0.2) is 46.3 Å². The van der Waals surface area contributed by atoms with Crippen LogP contribution in [-0.2, 0) is 4.79 Å². The Balaban J connectivity index is 2.81. The Morgan fingerprint density at radius 3 is 2.64 bits per heavy atom. The van der Waals surface area contributed by atoms with Crippen molar-refractivity contribution in [2.75, 3.05) is 13.6 Å². The van der Waals surface area contributed by atoms with E-state index in [4.69, 9.17) is 5.11 Å². The van der Waals surface area contributed by atoms with Gasteiger partial charge >= 0.3 is 5.97 Å². The minimum absolute atomic E-state index is 0.0430. The van der Waals surface area contributed by atoms with E-state index in [9.17, 15) is 9.90 Å². The van der Waals surface area contributed by atoms with Gasteiger partial charge in [0.25, 0.3) is 0 Å². The first-order valence-electron chi connectivity index (χ1n) is 5.01. The lowest BCUT2D eigenvalue weighted by Gasteiger charge is -2.34. The molecule has 1 saturated heterocycles. The smallest absolute Gasteiger partial charge is 0.306 e. The van der Waals surface area contributed by atoms with Crippen molar-refractivity contribution in [1.82, 2.24) is 4.90 Å². The molecule has 0 aromatic rings. The minimum atomic E-state index is -1.05. The summed E-state index contributed by atoms with van der Waals surface area (Å²) in [7, 11) is 1.94. The maximum atomic E-state index is 10.7. The number of carbonyl (C=O) groups is 1. The molecule has 2 unspecified atom stereocenters. The van der Waals surface area contributed by atoms with Gasteiger partial charge in [0, 0.05) is 12.6 Å². The molecule has 14 heavy (non-hydrogen) atoms. The highest BCUT2D eigenvalue weighted by molar-refractivity contribution is 5.68. The van der Waals surface area contributed by atoms with E-state index in [1.54, 1.807) is 0 Å². The lowest BCUT2D eigenvalue weighted by molar-refractivity contribution is -0.144. The van der Waals surface area contributed by atoms with Crippen LogP contribution in [0, 0.1) is 5.92 Å². The van der Waals surface area contributed by atoms with Crippen LogP contribution in [0.4, 0.5) is 0 Å². The highest BCUT2D eigenvalue weighted by Gasteiger charge is 2.47. The summed E-state index contributed by atoms with van der Waals surface area (Å²) in [4.78, 5) is 12.7. The molecule has 0 radical (unpaired) electrons. The molecule has 1 fully saturated rings. The lowest BCUT2D eigenvalue weighted by atomic mass is 9.84. The van der Waals surface area contributed by atoms with Crippen molar-refractivity contribution in [2.45, 2.75) is 38.3 Å². The molecule has 0 aromatic heterocycles. The molecule has 1 heterocycles. The number of hydrogen-bond acceptors (Lipinski definition) is 3. The first-order chi connectivity index (χ1) is 6.37. The first kappa shape index (κ1) is 11.5. The van der Waals surface area contributed by atoms with Gasteiger partial charge in [0.05, 0.1) is 12.0 Å². The zero-order valence-corrected chi connectivity index (χ0v) is 9.03. The molecule has 2 N–H and O–H groups in total. The highest BCUT2D eigenvalue weighted by Crippen LogP contribution is 2.34. The summed E-state index contributed by atoms with van der Waals surface area (Å²) >= 11 is 0. The van der Waals surface area contributed by atoms with Crippen LogP contribution in [0.2, 0.25) is 0 Å². The lowest BCUT2D eigenvalue weighted by Crippen LogP contribution is -2.48. The molecular formula is C10H19NO3. The molecule has 4 nitrogen and oxygen atoms in total. The van der Waals surface area contributed by atoms with Crippen LogP contribution in [0.25, 0.3) is 0 Å². The maximum Gasteiger partial charge on any atom is 0.306 e. The number of rotatable bonds is 3. The summed E-state index contributed by atoms with van der Waals surface area (Å²) < 4.78 is 0. The molecule has 0 aliphatic carbocycles. The summed E-state index contributed by atoms with van der Waals surface area (Å²) in [5, 5.41) is 19.0. The summed E-state index contributed by atoms with van der Waals surface area (Å²) in [5.74, 6) is -0.652. The Hall–Kier alpha value is -0.610. The van der Waals surface area contributed by atoms with Gasteiger partial charge in [0.1, 0.15) is 0 Å². The number of nitrogens with zero attached hydrogens (tertiary/aromatic N) is 1. The van der Waals surface area contributed by atoms with E-state index in [0.717, 1.165) is 6.54 Å². The third-order valence-electron chi connectivity index (χ3n) is 3.01. The van der Waals surface area contributed by atoms with E-state index in [0.29, 0.717) is 6.42 Å². The van der Waals surface area contributed by atoms with E-state index in [2.05, 4.69) is 0 Å². The van der Waals surface area contributed by atoms with Gasteiger partial charge in [0.15, 0.2) is 0 Å². The quantitative estimate of drug-likeness (QED) is 0.700. The molecule has 0 aromatic carbocycles. The predicted octanol–water partition coefficient (Wildman–Crippen LogP) is 0.552. The van der Waals surface area contributed by atoms with Gasteiger partial charge in [-0.1, -0.05) is 13.8 Å². The third-order valence-corrected chi connectivity index (χ3v) is 3.01. The fraction of sp³-hybridized carbons (Fsp3) is 0.900. The summed E-state index contributed by atoms with van der Waals surface area (Å²) in [5.41, 5.74) is -1.05. The van der Waals surface area contributed by atoms with Crippen LogP contribution in [0.3, 0.4) is 0 Å². The van der Waals surface area contributed by atoms with Crippen LogP contribution in [0.1, 0.15) is 26.7 Å². The van der Waals surface area contributed by atoms with Gasteiger partial charge < -0.3 is 15.1 Å². The number of carboxylic acids is 1. The Bertz CT molecular complexity index is 229. The number of aliphatic carboxylic acids is 1. The number of hydrogen-bond donors (Lipinski definition) is 2. The van der Waals surface area contributed by atoms with Crippen LogP contribution in [0.15, 0.2) is 0 Å². The Kier molecular flexibility index (Phi) is 3.17. The normalized spacial score (nSPS) is 33.9. The van der Waals surface area contributed by atoms with Gasteiger partial charge in [-0.15, -0.1) is 0 Å². The van der Waals surface area contributed by atoms with E-state index >= 15 is 0 Å². The number of likely N-dealkylation sites (tertiary alicyclic amines) is 1. The maximum absolute atomic E-state index is 10.7. The SMILES string of the molecule is CC(C)C1N(C)CCC1(O)CC(=O)O. The van der Waals surface area contributed by atoms with Gasteiger partial charge in [-0.3, -0.25) is 4.79 Å². The largest absolute Gasteiger partial charge is 0.481 e. The second-order valence-corrected chi connectivity index (χ2v) is 4.59. The Morgan fingerprint density at radius 1 is 1.64 bits per heavy atom. The Morgan fingerprint density at radius 2 is 2.21 bits per heavy atom. The monoisotopic (exact) mass is 201 g/mol. The summed E-state index contributed by atoms with van der Waals surface area (Å²) in [6, 6.07) is -0.0430. The number of carboxylic acid groups (broad SMARTS) is 1. The molecular weight excluding hydrogens is 182 g/mol. The van der Waals surface area contributed by atoms with Crippen molar-refractivity contribution < 1.29 is 15.0 Å². The van der Waals surface area contributed by atoms with E-state index in [1.165, 1.54) is 0 Å². The molecule has 2 atom stereocenters. The predicted molar refractivity (Wildman–Crippen MR) is 53.1 cm³/mol. The van der Waals surface area contributed by atoms with E-state index < -0.39 is 11.6 Å². The van der Waals surface area contributed by atoms with Crippen molar-refractivity contribution in [1.29, 1.82) is 0 Å². The zero-order valence-electron chi connectivity index (χ0n) is 9.03. The summed E-state index contributed by atoms with van der Waals surface area (Å²) in [6.45, 7) is 4.80. The van der Waals surface area contributed by atoms with E-state index in [1.807, 2.05) is 25.8 Å². The second kappa shape index (κ2) is 3.87. The van der Waals surface area contributed by atoms with E-state index in [-0.39, 0.29) is 18.4 Å². The van der Waals surface area contributed by atoms with Crippen molar-refractivity contribution in [3.63, 3.8) is 0 Å². The van der Waals surface area contributed by atoms with Crippen LogP contribution < -0.4 is 0 Å². The van der Waals surface area contributed by atoms with Crippen molar-refractivity contribution in [3.8, 4) is 0 Å². The van der Waals surface area contributed by atoms with Gasteiger partial charge in [-0.2, -0.15) is 0 Å². The topological polar surface area (TPSA) is 60.8 Å².